The number of carbonyl (C=O) groups excluding carboxylic acids is 1. The molecule has 1 aliphatic rings. The maximum absolute atomic E-state index is 12.2. The van der Waals surface area contributed by atoms with E-state index < -0.39 is 5.97 Å². The molecule has 1 N–H and O–H groups in total. The number of likely N-dealkylation sites (tertiary alicyclic amines) is 1. The van der Waals surface area contributed by atoms with Gasteiger partial charge in [0, 0.05) is 25.2 Å². The molecule has 0 saturated carbocycles. The Morgan fingerprint density at radius 1 is 1.50 bits per heavy atom. The quantitative estimate of drug-likeness (QED) is 0.864. The Bertz CT molecular complexity index is 496. The van der Waals surface area contributed by atoms with Gasteiger partial charge in [0.25, 0.3) is 5.91 Å². The zero-order valence-electron chi connectivity index (χ0n) is 11.7. The van der Waals surface area contributed by atoms with Crippen molar-refractivity contribution in [2.75, 3.05) is 26.2 Å². The molecule has 1 unspecified atom stereocenters. The van der Waals surface area contributed by atoms with E-state index in [-0.39, 0.29) is 17.4 Å². The van der Waals surface area contributed by atoms with Gasteiger partial charge in [-0.05, 0) is 19.5 Å². The molecule has 1 fully saturated rings. The Balaban J connectivity index is 2.02. The predicted molar refractivity (Wildman–Crippen MR) is 70.7 cm³/mol. The summed E-state index contributed by atoms with van der Waals surface area (Å²) in [7, 11) is 0. The van der Waals surface area contributed by atoms with E-state index in [0.717, 1.165) is 19.5 Å². The molecule has 2 rings (SSSR count). The highest BCUT2D eigenvalue weighted by molar-refractivity contribution is 5.95. The highest BCUT2D eigenvalue weighted by Gasteiger charge is 2.31. The van der Waals surface area contributed by atoms with Crippen LogP contribution in [0.2, 0.25) is 0 Å². The van der Waals surface area contributed by atoms with Crippen molar-refractivity contribution in [3.8, 4) is 0 Å². The van der Waals surface area contributed by atoms with Crippen LogP contribution in [0.4, 0.5) is 0 Å². The Labute approximate surface area is 117 Å². The largest absolute Gasteiger partial charge is 0.475 e. The molecule has 0 aliphatic carbocycles. The molecule has 1 aromatic heterocycles. The Kier molecular flexibility index (Phi) is 4.39. The monoisotopic (exact) mass is 281 g/mol. The van der Waals surface area contributed by atoms with Crippen molar-refractivity contribution in [2.24, 2.45) is 0 Å². The van der Waals surface area contributed by atoms with Gasteiger partial charge in [0.1, 0.15) is 0 Å². The molecular formula is C13H19N3O4. The van der Waals surface area contributed by atoms with Gasteiger partial charge < -0.3 is 14.5 Å². The normalized spacial score (nSPS) is 18.8. The van der Waals surface area contributed by atoms with E-state index in [1.807, 2.05) is 0 Å². The highest BCUT2D eigenvalue weighted by Crippen LogP contribution is 2.18. The maximum Gasteiger partial charge on any atom is 0.374 e. The molecule has 1 saturated heterocycles. The first-order valence-electron chi connectivity index (χ1n) is 6.80. The number of hydrogen-bond donors (Lipinski definition) is 1. The molecule has 1 aliphatic heterocycles. The number of rotatable bonds is 5. The number of carboxylic acid groups (broad SMARTS) is 1. The molecule has 7 nitrogen and oxygen atoms in total. The molecule has 0 aromatic carbocycles. The van der Waals surface area contributed by atoms with Gasteiger partial charge in [0.05, 0.1) is 0 Å². The van der Waals surface area contributed by atoms with E-state index in [1.54, 1.807) is 4.90 Å². The number of carbonyl (C=O) groups is 2. The van der Waals surface area contributed by atoms with Gasteiger partial charge in [-0.2, -0.15) is 0 Å². The summed E-state index contributed by atoms with van der Waals surface area (Å²) >= 11 is 0. The lowest BCUT2D eigenvalue weighted by Crippen LogP contribution is -2.38. The molecule has 0 spiro atoms. The fraction of sp³-hybridized carbons (Fsp3) is 0.615. The van der Waals surface area contributed by atoms with Crippen LogP contribution in [0.15, 0.2) is 10.6 Å². The molecule has 20 heavy (non-hydrogen) atoms. The van der Waals surface area contributed by atoms with Gasteiger partial charge in [-0.15, -0.1) is 0 Å². The minimum Gasteiger partial charge on any atom is -0.475 e. The molecular weight excluding hydrogens is 262 g/mol. The van der Waals surface area contributed by atoms with E-state index in [1.165, 1.54) is 6.07 Å². The molecule has 1 atom stereocenters. The van der Waals surface area contributed by atoms with E-state index >= 15 is 0 Å². The van der Waals surface area contributed by atoms with Crippen LogP contribution in [0, 0.1) is 0 Å². The molecule has 110 valence electrons. The van der Waals surface area contributed by atoms with E-state index in [9.17, 15) is 9.59 Å². The molecule has 7 heteroatoms. The topological polar surface area (TPSA) is 86.9 Å². The van der Waals surface area contributed by atoms with Gasteiger partial charge in [0.15, 0.2) is 5.69 Å². The van der Waals surface area contributed by atoms with Crippen molar-refractivity contribution in [2.45, 2.75) is 26.3 Å². The molecule has 1 amide bonds. The van der Waals surface area contributed by atoms with Crippen LogP contribution < -0.4 is 0 Å². The van der Waals surface area contributed by atoms with E-state index in [4.69, 9.17) is 5.11 Å². The lowest BCUT2D eigenvalue weighted by molar-refractivity contribution is 0.0649. The van der Waals surface area contributed by atoms with Crippen LogP contribution >= 0.6 is 0 Å². The van der Waals surface area contributed by atoms with Gasteiger partial charge >= 0.3 is 5.97 Å². The number of likely N-dealkylation sites (N-methyl/N-ethyl adjacent to an activating group) is 1. The number of nitrogens with zero attached hydrogens (tertiary/aromatic N) is 3. The van der Waals surface area contributed by atoms with E-state index in [2.05, 4.69) is 28.4 Å². The fourth-order valence-corrected chi connectivity index (χ4v) is 2.60. The predicted octanol–water partition coefficient (Wildman–Crippen LogP) is 0.929. The first-order chi connectivity index (χ1) is 9.56. The summed E-state index contributed by atoms with van der Waals surface area (Å²) in [6.45, 7) is 7.42. The number of aromatic carboxylic acids is 1. The average Bonchev–Trinajstić information content (AvgIpc) is 3.09. The van der Waals surface area contributed by atoms with Crippen molar-refractivity contribution in [3.63, 3.8) is 0 Å². The van der Waals surface area contributed by atoms with Gasteiger partial charge in [-0.1, -0.05) is 19.0 Å². The Hall–Kier alpha value is -1.89. The third kappa shape index (κ3) is 2.82. The average molecular weight is 281 g/mol. The Morgan fingerprint density at radius 2 is 2.20 bits per heavy atom. The Morgan fingerprint density at radius 3 is 2.75 bits per heavy atom. The van der Waals surface area contributed by atoms with Crippen LogP contribution in [0.5, 0.6) is 0 Å². The fourth-order valence-electron chi connectivity index (χ4n) is 2.60. The summed E-state index contributed by atoms with van der Waals surface area (Å²) in [6, 6.07) is 1.54. The van der Waals surface area contributed by atoms with Gasteiger partial charge in [-0.3, -0.25) is 9.69 Å². The van der Waals surface area contributed by atoms with Crippen molar-refractivity contribution < 1.29 is 19.2 Å². The second-order valence-electron chi connectivity index (χ2n) is 4.80. The third-order valence-electron chi connectivity index (χ3n) is 3.72. The zero-order valence-corrected chi connectivity index (χ0v) is 11.7. The minimum atomic E-state index is -1.22. The molecule has 2 heterocycles. The summed E-state index contributed by atoms with van der Waals surface area (Å²) in [4.78, 5) is 27.0. The van der Waals surface area contributed by atoms with Crippen LogP contribution in [0.25, 0.3) is 0 Å². The lowest BCUT2D eigenvalue weighted by atomic mass is 10.2. The van der Waals surface area contributed by atoms with Crippen molar-refractivity contribution >= 4 is 11.9 Å². The molecule has 1 aromatic rings. The summed E-state index contributed by atoms with van der Waals surface area (Å²) in [5.41, 5.74) is 0.0580. The first-order valence-corrected chi connectivity index (χ1v) is 6.80. The second-order valence-corrected chi connectivity index (χ2v) is 4.80. The molecule has 0 bridgehead atoms. The third-order valence-corrected chi connectivity index (χ3v) is 3.72. The lowest BCUT2D eigenvalue weighted by Gasteiger charge is -2.25. The highest BCUT2D eigenvalue weighted by atomic mass is 16.5. The van der Waals surface area contributed by atoms with Crippen LogP contribution in [-0.4, -0.2) is 64.2 Å². The summed E-state index contributed by atoms with van der Waals surface area (Å²) in [5, 5.41) is 12.3. The summed E-state index contributed by atoms with van der Waals surface area (Å²) in [5.74, 6) is -1.80. The number of carboxylic acids is 1. The number of aromatic nitrogens is 1. The number of hydrogen-bond acceptors (Lipinski definition) is 5. The van der Waals surface area contributed by atoms with Crippen LogP contribution in [-0.2, 0) is 0 Å². The maximum atomic E-state index is 12.2. The smallest absolute Gasteiger partial charge is 0.374 e. The number of amides is 1. The molecule has 0 radical (unpaired) electrons. The van der Waals surface area contributed by atoms with E-state index in [0.29, 0.717) is 19.1 Å². The van der Waals surface area contributed by atoms with Crippen molar-refractivity contribution in [1.29, 1.82) is 0 Å². The van der Waals surface area contributed by atoms with Crippen molar-refractivity contribution in [1.82, 2.24) is 15.0 Å². The zero-order chi connectivity index (χ0) is 14.7. The summed E-state index contributed by atoms with van der Waals surface area (Å²) in [6.07, 6.45) is 0.928. The van der Waals surface area contributed by atoms with Crippen LogP contribution in [0.1, 0.15) is 41.3 Å². The summed E-state index contributed by atoms with van der Waals surface area (Å²) < 4.78 is 4.62. The first kappa shape index (κ1) is 14.5. The van der Waals surface area contributed by atoms with Gasteiger partial charge in [0.2, 0.25) is 5.76 Å². The minimum absolute atomic E-state index is 0.0580. The van der Waals surface area contributed by atoms with Crippen LogP contribution in [0.3, 0.4) is 0 Å². The van der Waals surface area contributed by atoms with Gasteiger partial charge in [-0.25, -0.2) is 4.79 Å². The SMILES string of the molecule is CCN(CC)C1CCN(C(=O)c2cc(C(=O)O)on2)C1. The standard InChI is InChI=1S/C13H19N3O4/c1-3-15(4-2)9-5-6-16(8-9)12(17)10-7-11(13(18)19)20-14-10/h7,9H,3-6,8H2,1-2H3,(H,18,19). The van der Waals surface area contributed by atoms with Crippen molar-refractivity contribution in [3.05, 3.63) is 17.5 Å². The second kappa shape index (κ2) is 6.04.